The van der Waals surface area contributed by atoms with Crippen molar-refractivity contribution in [3.63, 3.8) is 0 Å². The average molecular weight is 530 g/mol. The van der Waals surface area contributed by atoms with E-state index in [9.17, 15) is 9.90 Å². The molecule has 0 saturated carbocycles. The van der Waals surface area contributed by atoms with Crippen LogP contribution in [0.5, 0.6) is 5.75 Å². The summed E-state index contributed by atoms with van der Waals surface area (Å²) >= 11 is 0. The van der Waals surface area contributed by atoms with Crippen LogP contribution in [-0.4, -0.2) is 78.4 Å². The van der Waals surface area contributed by atoms with E-state index in [2.05, 4.69) is 32.0 Å². The molecule has 204 valence electrons. The van der Waals surface area contributed by atoms with Crippen molar-refractivity contribution < 1.29 is 14.6 Å². The standard InChI is InChI=1S/C29H35N7O3/c1-6-28(38)31-23-17-24(27(39-5)18-26(23)35(4)14-13-34(2)3)33-29-30-12-11-22(32-29)21-19-36(15-16-37)25-10-8-7-9-20(21)25/h6-12,17-19,37H,1,13-16H2,2-5H3,(H,31,38)(H,30,32,33). The van der Waals surface area contributed by atoms with Crippen molar-refractivity contribution in [1.82, 2.24) is 19.4 Å². The summed E-state index contributed by atoms with van der Waals surface area (Å²) < 4.78 is 7.72. The summed E-state index contributed by atoms with van der Waals surface area (Å²) in [4.78, 5) is 25.6. The van der Waals surface area contributed by atoms with Crippen molar-refractivity contribution in [2.24, 2.45) is 0 Å². The van der Waals surface area contributed by atoms with Crippen molar-refractivity contribution in [1.29, 1.82) is 0 Å². The highest BCUT2D eigenvalue weighted by molar-refractivity contribution is 6.02. The highest BCUT2D eigenvalue weighted by Crippen LogP contribution is 2.38. The Hall–Kier alpha value is -4.41. The SMILES string of the molecule is C=CC(=O)Nc1cc(Nc2nccc(-c3cn(CCO)c4ccccc34)n2)c(OC)cc1N(C)CCN(C)C. The van der Waals surface area contributed by atoms with Crippen molar-refractivity contribution in [3.8, 4) is 17.0 Å². The number of para-hydroxylation sites is 1. The fraction of sp³-hybridized carbons (Fsp3) is 0.276. The van der Waals surface area contributed by atoms with Crippen molar-refractivity contribution >= 4 is 39.8 Å². The normalized spacial score (nSPS) is 11.0. The topological polar surface area (TPSA) is 108 Å². The van der Waals surface area contributed by atoms with Crippen molar-refractivity contribution in [2.75, 3.05) is 63.5 Å². The van der Waals surface area contributed by atoms with Gasteiger partial charge in [-0.3, -0.25) is 4.79 Å². The van der Waals surface area contributed by atoms with E-state index in [1.165, 1.54) is 6.08 Å². The summed E-state index contributed by atoms with van der Waals surface area (Å²) in [5.74, 6) is 0.636. The number of aliphatic hydroxyl groups is 1. The predicted molar refractivity (Wildman–Crippen MR) is 157 cm³/mol. The molecule has 1 amide bonds. The van der Waals surface area contributed by atoms with Gasteiger partial charge >= 0.3 is 0 Å². The Morgan fingerprint density at radius 3 is 2.67 bits per heavy atom. The second-order valence-corrected chi connectivity index (χ2v) is 9.36. The summed E-state index contributed by atoms with van der Waals surface area (Å²) in [5.41, 5.74) is 4.70. The number of carbonyl (C=O) groups is 1. The van der Waals surface area contributed by atoms with Gasteiger partial charge in [-0.25, -0.2) is 9.97 Å². The summed E-state index contributed by atoms with van der Waals surface area (Å²) in [6.07, 6.45) is 4.93. The van der Waals surface area contributed by atoms with E-state index in [1.807, 2.05) is 74.4 Å². The number of carbonyl (C=O) groups excluding carboxylic acids is 1. The molecule has 10 heteroatoms. The van der Waals surface area contributed by atoms with Crippen molar-refractivity contribution in [2.45, 2.75) is 6.54 Å². The van der Waals surface area contributed by atoms with Gasteiger partial charge in [-0.1, -0.05) is 24.8 Å². The smallest absolute Gasteiger partial charge is 0.247 e. The van der Waals surface area contributed by atoms with E-state index < -0.39 is 0 Å². The molecule has 0 aliphatic carbocycles. The zero-order chi connectivity index (χ0) is 27.9. The fourth-order valence-electron chi connectivity index (χ4n) is 4.34. The number of aliphatic hydroxyl groups excluding tert-OH is 1. The molecule has 0 aliphatic rings. The number of amides is 1. The quantitative estimate of drug-likeness (QED) is 0.237. The molecule has 0 radical (unpaired) electrons. The lowest BCUT2D eigenvalue weighted by Crippen LogP contribution is -2.29. The van der Waals surface area contributed by atoms with Crippen molar-refractivity contribution in [3.05, 3.63) is 67.5 Å². The van der Waals surface area contributed by atoms with Crippen LogP contribution >= 0.6 is 0 Å². The fourth-order valence-corrected chi connectivity index (χ4v) is 4.34. The van der Waals surface area contributed by atoms with Gasteiger partial charge in [-0.15, -0.1) is 0 Å². The lowest BCUT2D eigenvalue weighted by atomic mass is 10.1. The molecular weight excluding hydrogens is 494 g/mol. The van der Waals surface area contributed by atoms with E-state index >= 15 is 0 Å². The van der Waals surface area contributed by atoms with Crippen LogP contribution in [0.15, 0.2) is 67.5 Å². The minimum absolute atomic E-state index is 0.0412. The highest BCUT2D eigenvalue weighted by atomic mass is 16.5. The summed E-state index contributed by atoms with van der Waals surface area (Å²) in [7, 11) is 7.59. The van der Waals surface area contributed by atoms with Crippen LogP contribution < -0.4 is 20.3 Å². The number of benzene rings is 2. The third kappa shape index (κ3) is 6.36. The maximum Gasteiger partial charge on any atom is 0.247 e. The summed E-state index contributed by atoms with van der Waals surface area (Å²) in [5, 5.41) is 16.7. The van der Waals surface area contributed by atoms with Gasteiger partial charge in [0, 0.05) is 61.6 Å². The van der Waals surface area contributed by atoms with Gasteiger partial charge in [-0.2, -0.15) is 0 Å². The number of hydrogen-bond acceptors (Lipinski definition) is 8. The molecule has 3 N–H and O–H groups in total. The minimum Gasteiger partial charge on any atom is -0.494 e. The predicted octanol–water partition coefficient (Wildman–Crippen LogP) is 3.97. The molecule has 0 aliphatic heterocycles. The van der Waals surface area contributed by atoms with E-state index in [4.69, 9.17) is 9.72 Å². The van der Waals surface area contributed by atoms with E-state index in [0.29, 0.717) is 29.6 Å². The summed E-state index contributed by atoms with van der Waals surface area (Å²) in [6, 6.07) is 13.6. The number of methoxy groups -OCH3 is 1. The highest BCUT2D eigenvalue weighted by Gasteiger charge is 2.17. The first-order valence-electron chi connectivity index (χ1n) is 12.6. The van der Waals surface area contributed by atoms with E-state index in [1.54, 1.807) is 13.3 Å². The minimum atomic E-state index is -0.314. The van der Waals surface area contributed by atoms with Crippen LogP contribution in [-0.2, 0) is 11.3 Å². The molecule has 0 unspecified atom stereocenters. The third-order valence-electron chi connectivity index (χ3n) is 6.36. The molecule has 2 aromatic carbocycles. The number of anilines is 4. The number of rotatable bonds is 12. The lowest BCUT2D eigenvalue weighted by Gasteiger charge is -2.26. The first kappa shape index (κ1) is 27.6. The van der Waals surface area contributed by atoms with Gasteiger partial charge < -0.3 is 34.8 Å². The van der Waals surface area contributed by atoms with Gasteiger partial charge in [0.05, 0.1) is 36.5 Å². The maximum atomic E-state index is 12.3. The maximum absolute atomic E-state index is 12.3. The number of ether oxygens (including phenoxy) is 1. The van der Waals surface area contributed by atoms with Crippen LogP contribution in [0.4, 0.5) is 23.0 Å². The first-order valence-corrected chi connectivity index (χ1v) is 12.6. The Balaban J connectivity index is 1.71. The molecule has 2 heterocycles. The average Bonchev–Trinajstić information content (AvgIpc) is 3.30. The number of likely N-dealkylation sites (N-methyl/N-ethyl adjacent to an activating group) is 2. The Labute approximate surface area is 228 Å². The number of aromatic nitrogens is 3. The lowest BCUT2D eigenvalue weighted by molar-refractivity contribution is -0.111. The molecule has 10 nitrogen and oxygen atoms in total. The molecule has 0 atom stereocenters. The van der Waals surface area contributed by atoms with Crippen LogP contribution in [0.25, 0.3) is 22.2 Å². The van der Waals surface area contributed by atoms with Gasteiger partial charge in [0.15, 0.2) is 0 Å². The Morgan fingerprint density at radius 2 is 1.95 bits per heavy atom. The molecule has 0 spiro atoms. The van der Waals surface area contributed by atoms with Gasteiger partial charge in [0.2, 0.25) is 11.9 Å². The van der Waals surface area contributed by atoms with Crippen LogP contribution in [0, 0.1) is 0 Å². The van der Waals surface area contributed by atoms with Gasteiger partial charge in [0.25, 0.3) is 0 Å². The molecule has 0 saturated heterocycles. The zero-order valence-electron chi connectivity index (χ0n) is 22.8. The summed E-state index contributed by atoms with van der Waals surface area (Å²) in [6.45, 7) is 5.69. The van der Waals surface area contributed by atoms with Crippen LogP contribution in [0.2, 0.25) is 0 Å². The van der Waals surface area contributed by atoms with Crippen LogP contribution in [0.3, 0.4) is 0 Å². The molecule has 0 fully saturated rings. The second-order valence-electron chi connectivity index (χ2n) is 9.36. The van der Waals surface area contributed by atoms with Gasteiger partial charge in [0.1, 0.15) is 5.75 Å². The Morgan fingerprint density at radius 1 is 1.15 bits per heavy atom. The second kappa shape index (κ2) is 12.4. The number of fused-ring (bicyclic) bond motifs is 1. The monoisotopic (exact) mass is 529 g/mol. The molecule has 4 aromatic rings. The van der Waals surface area contributed by atoms with Crippen LogP contribution in [0.1, 0.15) is 0 Å². The molecule has 39 heavy (non-hydrogen) atoms. The first-order chi connectivity index (χ1) is 18.8. The number of hydrogen-bond donors (Lipinski definition) is 3. The Bertz CT molecular complexity index is 1460. The molecule has 2 aromatic heterocycles. The van der Waals surface area contributed by atoms with E-state index in [0.717, 1.165) is 40.9 Å². The molecule has 4 rings (SSSR count). The number of nitrogens with zero attached hydrogens (tertiary/aromatic N) is 5. The third-order valence-corrected chi connectivity index (χ3v) is 6.36. The molecule has 0 bridgehead atoms. The van der Waals surface area contributed by atoms with Gasteiger partial charge in [-0.05, 0) is 38.4 Å². The Kier molecular flexibility index (Phi) is 8.80. The molecular formula is C29H35N7O3. The zero-order valence-corrected chi connectivity index (χ0v) is 22.8. The van der Waals surface area contributed by atoms with E-state index in [-0.39, 0.29) is 12.5 Å². The number of nitrogens with one attached hydrogen (secondary N) is 2. The largest absolute Gasteiger partial charge is 0.494 e.